The van der Waals surface area contributed by atoms with Crippen molar-refractivity contribution in [2.45, 2.75) is 45.6 Å². The normalized spacial score (nSPS) is 23.7. The van der Waals surface area contributed by atoms with Gasteiger partial charge in [-0.3, -0.25) is 0 Å². The lowest BCUT2D eigenvalue weighted by molar-refractivity contribution is 0.333. The molecule has 2 rings (SSSR count). The molecule has 1 N–H and O–H groups in total. The van der Waals surface area contributed by atoms with Crippen LogP contribution in [0.1, 0.15) is 39.5 Å². The zero-order valence-electron chi connectivity index (χ0n) is 11.2. The molecule has 2 atom stereocenters. The minimum atomic E-state index is 0.538. The lowest BCUT2D eigenvalue weighted by Gasteiger charge is -2.31. The fourth-order valence-electron chi connectivity index (χ4n) is 2.63. The summed E-state index contributed by atoms with van der Waals surface area (Å²) in [5.74, 6) is 1.62. The zero-order chi connectivity index (χ0) is 13.0. The number of halogens is 1. The molecule has 1 aromatic rings. The first-order chi connectivity index (χ1) is 8.70. The maximum Gasteiger partial charge on any atom is 0.142 e. The lowest BCUT2D eigenvalue weighted by atomic mass is 9.86. The van der Waals surface area contributed by atoms with Gasteiger partial charge in [0.05, 0.1) is 12.3 Å². The summed E-state index contributed by atoms with van der Waals surface area (Å²) in [5.41, 5.74) is 1.03. The predicted octanol–water partition coefficient (Wildman–Crippen LogP) is 4.73. The first-order valence-corrected chi connectivity index (χ1v) is 7.27. The number of rotatable bonds is 4. The molecule has 1 aliphatic rings. The molecule has 0 radical (unpaired) electrons. The summed E-state index contributed by atoms with van der Waals surface area (Å²) in [6, 6.07) is 6.33. The molecule has 18 heavy (non-hydrogen) atoms. The average molecular weight is 268 g/mol. The Bertz CT molecular complexity index is 394. The molecule has 0 heterocycles. The highest BCUT2D eigenvalue weighted by Gasteiger charge is 2.22. The SMILES string of the molecule is CCOc1ccc(Cl)cc1NC1CCCCC1C. The van der Waals surface area contributed by atoms with Crippen LogP contribution in [0.25, 0.3) is 0 Å². The molecule has 2 nitrogen and oxygen atoms in total. The summed E-state index contributed by atoms with van der Waals surface area (Å²) in [7, 11) is 0. The Morgan fingerprint density at radius 2 is 2.11 bits per heavy atom. The maximum atomic E-state index is 6.08. The molecule has 2 unspecified atom stereocenters. The molecular formula is C15H22ClNO. The van der Waals surface area contributed by atoms with Crippen LogP contribution in [0.3, 0.4) is 0 Å². The Balaban J connectivity index is 2.13. The Morgan fingerprint density at radius 1 is 1.33 bits per heavy atom. The van der Waals surface area contributed by atoms with Crippen molar-refractivity contribution in [2.75, 3.05) is 11.9 Å². The highest BCUT2D eigenvalue weighted by molar-refractivity contribution is 6.30. The van der Waals surface area contributed by atoms with Gasteiger partial charge in [-0.2, -0.15) is 0 Å². The predicted molar refractivity (Wildman–Crippen MR) is 77.7 cm³/mol. The monoisotopic (exact) mass is 267 g/mol. The third-order valence-electron chi connectivity index (χ3n) is 3.69. The zero-order valence-corrected chi connectivity index (χ0v) is 12.0. The summed E-state index contributed by atoms with van der Waals surface area (Å²) >= 11 is 6.08. The molecule has 100 valence electrons. The van der Waals surface area contributed by atoms with Gasteiger partial charge in [0.2, 0.25) is 0 Å². The average Bonchev–Trinajstić information content (AvgIpc) is 2.36. The summed E-state index contributed by atoms with van der Waals surface area (Å²) < 4.78 is 5.65. The van der Waals surface area contributed by atoms with Gasteiger partial charge in [0.1, 0.15) is 5.75 Å². The number of nitrogens with one attached hydrogen (secondary N) is 1. The number of anilines is 1. The van der Waals surface area contributed by atoms with Gasteiger partial charge in [0.15, 0.2) is 0 Å². The van der Waals surface area contributed by atoms with E-state index in [0.29, 0.717) is 18.6 Å². The van der Waals surface area contributed by atoms with Crippen LogP contribution in [-0.4, -0.2) is 12.6 Å². The van der Waals surface area contributed by atoms with E-state index in [1.807, 2.05) is 25.1 Å². The van der Waals surface area contributed by atoms with E-state index >= 15 is 0 Å². The number of hydrogen-bond donors (Lipinski definition) is 1. The molecule has 0 bridgehead atoms. The second kappa shape index (κ2) is 6.33. The minimum absolute atomic E-state index is 0.538. The van der Waals surface area contributed by atoms with Crippen LogP contribution >= 0.6 is 11.6 Å². The van der Waals surface area contributed by atoms with Gasteiger partial charge in [-0.15, -0.1) is 0 Å². The van der Waals surface area contributed by atoms with E-state index in [9.17, 15) is 0 Å². The molecule has 1 saturated carbocycles. The molecule has 0 aliphatic heterocycles. The summed E-state index contributed by atoms with van der Waals surface area (Å²) in [4.78, 5) is 0. The Kier molecular flexibility index (Phi) is 4.76. The van der Waals surface area contributed by atoms with Crippen molar-refractivity contribution in [3.05, 3.63) is 23.2 Å². The quantitative estimate of drug-likeness (QED) is 0.852. The largest absolute Gasteiger partial charge is 0.492 e. The van der Waals surface area contributed by atoms with E-state index in [1.165, 1.54) is 25.7 Å². The van der Waals surface area contributed by atoms with Crippen LogP contribution in [0.2, 0.25) is 5.02 Å². The van der Waals surface area contributed by atoms with Crippen molar-refractivity contribution >= 4 is 17.3 Å². The number of ether oxygens (including phenoxy) is 1. The van der Waals surface area contributed by atoms with Crippen molar-refractivity contribution in [1.82, 2.24) is 0 Å². The molecule has 1 aromatic carbocycles. The van der Waals surface area contributed by atoms with Crippen LogP contribution in [0.4, 0.5) is 5.69 Å². The fourth-order valence-corrected chi connectivity index (χ4v) is 2.80. The third kappa shape index (κ3) is 3.32. The van der Waals surface area contributed by atoms with E-state index in [1.54, 1.807) is 0 Å². The highest BCUT2D eigenvalue weighted by Crippen LogP contribution is 2.32. The lowest BCUT2D eigenvalue weighted by Crippen LogP contribution is -2.30. The third-order valence-corrected chi connectivity index (χ3v) is 3.93. The number of hydrogen-bond acceptors (Lipinski definition) is 2. The van der Waals surface area contributed by atoms with Gasteiger partial charge in [0.25, 0.3) is 0 Å². The van der Waals surface area contributed by atoms with Crippen molar-refractivity contribution in [3.8, 4) is 5.75 Å². The van der Waals surface area contributed by atoms with Gasteiger partial charge in [-0.05, 0) is 43.9 Å². The van der Waals surface area contributed by atoms with Gasteiger partial charge >= 0.3 is 0 Å². The van der Waals surface area contributed by atoms with Gasteiger partial charge in [0, 0.05) is 11.1 Å². The van der Waals surface area contributed by atoms with Gasteiger partial charge in [-0.25, -0.2) is 0 Å². The molecular weight excluding hydrogens is 246 g/mol. The van der Waals surface area contributed by atoms with Gasteiger partial charge < -0.3 is 10.1 Å². The highest BCUT2D eigenvalue weighted by atomic mass is 35.5. The summed E-state index contributed by atoms with van der Waals surface area (Å²) in [5, 5.41) is 4.37. The smallest absolute Gasteiger partial charge is 0.142 e. The summed E-state index contributed by atoms with van der Waals surface area (Å²) in [6.07, 6.45) is 5.21. The first kappa shape index (κ1) is 13.5. The Morgan fingerprint density at radius 3 is 2.83 bits per heavy atom. The Hall–Kier alpha value is -0.890. The molecule has 3 heteroatoms. The van der Waals surface area contributed by atoms with E-state index in [2.05, 4.69) is 12.2 Å². The van der Waals surface area contributed by atoms with Crippen molar-refractivity contribution < 1.29 is 4.74 Å². The van der Waals surface area contributed by atoms with Crippen LogP contribution in [0.5, 0.6) is 5.75 Å². The minimum Gasteiger partial charge on any atom is -0.492 e. The fraction of sp³-hybridized carbons (Fsp3) is 0.600. The summed E-state index contributed by atoms with van der Waals surface area (Å²) in [6.45, 7) is 5.00. The molecule has 0 aromatic heterocycles. The van der Waals surface area contributed by atoms with E-state index in [0.717, 1.165) is 16.5 Å². The second-order valence-electron chi connectivity index (χ2n) is 5.09. The molecule has 1 fully saturated rings. The van der Waals surface area contributed by atoms with Crippen molar-refractivity contribution in [3.63, 3.8) is 0 Å². The molecule has 0 saturated heterocycles. The Labute approximate surface area is 115 Å². The topological polar surface area (TPSA) is 21.3 Å². The van der Waals surface area contributed by atoms with Crippen LogP contribution in [-0.2, 0) is 0 Å². The molecule has 1 aliphatic carbocycles. The standard InChI is InChI=1S/C15H22ClNO/c1-3-18-15-9-8-12(16)10-14(15)17-13-7-5-4-6-11(13)2/h8-11,13,17H,3-7H2,1-2H3. The van der Waals surface area contributed by atoms with Crippen LogP contribution in [0, 0.1) is 5.92 Å². The van der Waals surface area contributed by atoms with Crippen LogP contribution in [0.15, 0.2) is 18.2 Å². The number of benzene rings is 1. The first-order valence-electron chi connectivity index (χ1n) is 6.89. The van der Waals surface area contributed by atoms with Crippen molar-refractivity contribution in [1.29, 1.82) is 0 Å². The molecule has 0 spiro atoms. The van der Waals surface area contributed by atoms with Gasteiger partial charge in [-0.1, -0.05) is 31.4 Å². The van der Waals surface area contributed by atoms with Crippen LogP contribution < -0.4 is 10.1 Å². The molecule has 0 amide bonds. The maximum absolute atomic E-state index is 6.08. The van der Waals surface area contributed by atoms with E-state index < -0.39 is 0 Å². The second-order valence-corrected chi connectivity index (χ2v) is 5.52. The van der Waals surface area contributed by atoms with E-state index in [4.69, 9.17) is 16.3 Å². The van der Waals surface area contributed by atoms with Crippen molar-refractivity contribution in [2.24, 2.45) is 5.92 Å². The van der Waals surface area contributed by atoms with E-state index in [-0.39, 0.29) is 0 Å².